The summed E-state index contributed by atoms with van der Waals surface area (Å²) in [7, 11) is 0. The molecule has 2 bridgehead atoms. The van der Waals surface area contributed by atoms with Gasteiger partial charge >= 0.3 is 0 Å². The highest BCUT2D eigenvalue weighted by Crippen LogP contribution is 2.41. The highest BCUT2D eigenvalue weighted by molar-refractivity contribution is 4.88. The summed E-state index contributed by atoms with van der Waals surface area (Å²) in [5.41, 5.74) is 5.62. The molecular formula is C10H19NO3. The molecule has 0 spiro atoms. The minimum absolute atomic E-state index is 0.0283. The number of rotatable bonds is 2. The number of hydrogen-bond donors (Lipinski definition) is 1. The van der Waals surface area contributed by atoms with E-state index in [9.17, 15) is 0 Å². The Morgan fingerprint density at radius 2 is 1.57 bits per heavy atom. The molecular weight excluding hydrogens is 182 g/mol. The average molecular weight is 201 g/mol. The quantitative estimate of drug-likeness (QED) is 0.719. The molecule has 0 radical (unpaired) electrons. The number of nitrogens with two attached hydrogens (primary N) is 1. The molecule has 0 aromatic heterocycles. The van der Waals surface area contributed by atoms with Crippen molar-refractivity contribution in [3.8, 4) is 0 Å². The fraction of sp³-hybridized carbons (Fsp3) is 1.00. The lowest BCUT2D eigenvalue weighted by Crippen LogP contribution is -2.61. The topological polar surface area (TPSA) is 53.7 Å². The van der Waals surface area contributed by atoms with E-state index in [1.807, 2.05) is 13.8 Å². The second-order valence-electron chi connectivity index (χ2n) is 5.53. The van der Waals surface area contributed by atoms with Crippen LogP contribution < -0.4 is 5.73 Å². The van der Waals surface area contributed by atoms with Crippen molar-refractivity contribution in [2.24, 2.45) is 11.1 Å². The Balaban J connectivity index is 2.05. The molecule has 0 amide bonds. The molecule has 0 aromatic carbocycles. The van der Waals surface area contributed by atoms with Crippen LogP contribution in [-0.2, 0) is 14.2 Å². The van der Waals surface area contributed by atoms with E-state index in [4.69, 9.17) is 19.9 Å². The standard InChI is InChI=1S/C10H19NO3/c1-8(2,11)4-10-12-5-9(3,6-13-10)7-14-10/h4-7,11H2,1-3H3. The Kier molecular flexibility index (Phi) is 2.16. The first-order chi connectivity index (χ1) is 6.33. The summed E-state index contributed by atoms with van der Waals surface area (Å²) < 4.78 is 16.9. The van der Waals surface area contributed by atoms with Crippen LogP contribution in [0.1, 0.15) is 27.2 Å². The van der Waals surface area contributed by atoms with Crippen molar-refractivity contribution in [3.05, 3.63) is 0 Å². The zero-order chi connectivity index (χ0) is 10.4. The summed E-state index contributed by atoms with van der Waals surface area (Å²) in [6.07, 6.45) is 0.566. The maximum absolute atomic E-state index is 5.94. The van der Waals surface area contributed by atoms with Crippen molar-refractivity contribution < 1.29 is 14.2 Å². The smallest absolute Gasteiger partial charge is 0.284 e. The van der Waals surface area contributed by atoms with E-state index in [0.29, 0.717) is 26.2 Å². The van der Waals surface area contributed by atoms with Crippen LogP contribution in [0.3, 0.4) is 0 Å². The molecule has 3 aliphatic heterocycles. The van der Waals surface area contributed by atoms with Crippen LogP contribution in [0.5, 0.6) is 0 Å². The minimum atomic E-state index is -0.879. The Labute approximate surface area is 84.7 Å². The van der Waals surface area contributed by atoms with Gasteiger partial charge in [-0.2, -0.15) is 0 Å². The van der Waals surface area contributed by atoms with Gasteiger partial charge in [0.1, 0.15) is 0 Å². The van der Waals surface area contributed by atoms with Crippen LogP contribution in [0.2, 0.25) is 0 Å². The summed E-state index contributed by atoms with van der Waals surface area (Å²) in [5.74, 6) is -0.879. The van der Waals surface area contributed by atoms with Gasteiger partial charge in [-0.15, -0.1) is 0 Å². The molecule has 4 nitrogen and oxygen atoms in total. The first-order valence-corrected chi connectivity index (χ1v) is 5.03. The number of ether oxygens (including phenoxy) is 3. The second-order valence-corrected chi connectivity index (χ2v) is 5.53. The fourth-order valence-electron chi connectivity index (χ4n) is 1.81. The van der Waals surface area contributed by atoms with Crippen LogP contribution in [0.25, 0.3) is 0 Å². The predicted molar refractivity (Wildman–Crippen MR) is 51.6 cm³/mol. The van der Waals surface area contributed by atoms with E-state index in [0.717, 1.165) is 0 Å². The van der Waals surface area contributed by atoms with Gasteiger partial charge in [-0.05, 0) is 13.8 Å². The van der Waals surface area contributed by atoms with E-state index in [1.165, 1.54) is 0 Å². The number of fused-ring (bicyclic) bond motifs is 3. The van der Waals surface area contributed by atoms with E-state index in [1.54, 1.807) is 0 Å². The molecule has 0 unspecified atom stereocenters. The molecule has 0 saturated carbocycles. The molecule has 3 rings (SSSR count). The van der Waals surface area contributed by atoms with Crippen LogP contribution in [0.15, 0.2) is 0 Å². The Hall–Kier alpha value is -0.160. The van der Waals surface area contributed by atoms with Gasteiger partial charge in [0, 0.05) is 17.4 Å². The fourth-order valence-corrected chi connectivity index (χ4v) is 1.81. The van der Waals surface area contributed by atoms with Crippen molar-refractivity contribution in [1.29, 1.82) is 0 Å². The Morgan fingerprint density at radius 3 is 1.93 bits per heavy atom. The van der Waals surface area contributed by atoms with Crippen LogP contribution in [0.4, 0.5) is 0 Å². The highest BCUT2D eigenvalue weighted by atomic mass is 16.9. The SMILES string of the molecule is CC(C)(N)CC12OCC(C)(CO1)CO2. The van der Waals surface area contributed by atoms with Gasteiger partial charge in [-0.3, -0.25) is 0 Å². The second kappa shape index (κ2) is 2.92. The Morgan fingerprint density at radius 1 is 1.14 bits per heavy atom. The predicted octanol–water partition coefficient (Wildman–Crippen LogP) is 0.851. The van der Waals surface area contributed by atoms with Gasteiger partial charge in [0.05, 0.1) is 19.8 Å². The molecule has 3 aliphatic rings. The van der Waals surface area contributed by atoms with Gasteiger partial charge in [-0.25, -0.2) is 0 Å². The van der Waals surface area contributed by atoms with Gasteiger partial charge < -0.3 is 19.9 Å². The molecule has 3 heterocycles. The lowest BCUT2D eigenvalue weighted by Gasteiger charge is -2.51. The molecule has 14 heavy (non-hydrogen) atoms. The van der Waals surface area contributed by atoms with Crippen LogP contribution >= 0.6 is 0 Å². The van der Waals surface area contributed by atoms with Gasteiger partial charge in [0.25, 0.3) is 5.97 Å². The van der Waals surface area contributed by atoms with Crippen molar-refractivity contribution in [3.63, 3.8) is 0 Å². The normalized spacial score (nSPS) is 42.9. The molecule has 3 saturated heterocycles. The lowest BCUT2D eigenvalue weighted by molar-refractivity contribution is -0.470. The maximum atomic E-state index is 5.94. The minimum Gasteiger partial charge on any atom is -0.327 e. The zero-order valence-corrected chi connectivity index (χ0v) is 9.13. The molecule has 0 aliphatic carbocycles. The monoisotopic (exact) mass is 201 g/mol. The third kappa shape index (κ3) is 1.93. The third-order valence-corrected chi connectivity index (χ3v) is 2.59. The third-order valence-electron chi connectivity index (χ3n) is 2.59. The van der Waals surface area contributed by atoms with E-state index >= 15 is 0 Å². The zero-order valence-electron chi connectivity index (χ0n) is 9.13. The average Bonchev–Trinajstić information content (AvgIpc) is 2.05. The highest BCUT2D eigenvalue weighted by Gasteiger charge is 2.51. The lowest BCUT2D eigenvalue weighted by atomic mass is 9.90. The van der Waals surface area contributed by atoms with Gasteiger partial charge in [0.15, 0.2) is 0 Å². The molecule has 0 atom stereocenters. The molecule has 0 aromatic rings. The summed E-state index contributed by atoms with van der Waals surface area (Å²) >= 11 is 0. The summed E-state index contributed by atoms with van der Waals surface area (Å²) in [5, 5.41) is 0. The van der Waals surface area contributed by atoms with Crippen molar-refractivity contribution >= 4 is 0 Å². The van der Waals surface area contributed by atoms with Gasteiger partial charge in [-0.1, -0.05) is 6.92 Å². The largest absolute Gasteiger partial charge is 0.327 e. The van der Waals surface area contributed by atoms with Crippen molar-refractivity contribution in [1.82, 2.24) is 0 Å². The van der Waals surface area contributed by atoms with Crippen molar-refractivity contribution in [2.75, 3.05) is 19.8 Å². The van der Waals surface area contributed by atoms with Gasteiger partial charge in [0.2, 0.25) is 0 Å². The van der Waals surface area contributed by atoms with Crippen LogP contribution in [-0.4, -0.2) is 31.3 Å². The first-order valence-electron chi connectivity index (χ1n) is 5.03. The maximum Gasteiger partial charge on any atom is 0.284 e. The van der Waals surface area contributed by atoms with Crippen LogP contribution in [0, 0.1) is 5.41 Å². The Bertz CT molecular complexity index is 209. The molecule has 4 heteroatoms. The van der Waals surface area contributed by atoms with E-state index in [-0.39, 0.29) is 11.0 Å². The van der Waals surface area contributed by atoms with E-state index in [2.05, 4.69) is 6.92 Å². The molecule has 3 fully saturated rings. The summed E-state index contributed by atoms with van der Waals surface area (Å²) in [6.45, 7) is 8.08. The number of hydrogen-bond acceptors (Lipinski definition) is 4. The first kappa shape index (κ1) is 10.4. The molecule has 2 N–H and O–H groups in total. The molecule has 82 valence electrons. The summed E-state index contributed by atoms with van der Waals surface area (Å²) in [6, 6.07) is 0. The van der Waals surface area contributed by atoms with Crippen molar-refractivity contribution in [2.45, 2.75) is 38.7 Å². The summed E-state index contributed by atoms with van der Waals surface area (Å²) in [4.78, 5) is 0. The van der Waals surface area contributed by atoms with E-state index < -0.39 is 5.97 Å².